The summed E-state index contributed by atoms with van der Waals surface area (Å²) < 4.78 is 10.7. The second kappa shape index (κ2) is 9.20. The van der Waals surface area contributed by atoms with E-state index >= 15 is 0 Å². The number of carbonyl (C=O) groups is 1. The minimum Gasteiger partial charge on any atom is -0.497 e. The maximum Gasteiger partial charge on any atom is 0.252 e. The molecule has 6 heteroatoms. The maximum atomic E-state index is 12.1. The highest BCUT2D eigenvalue weighted by molar-refractivity contribution is 5.94. The topological polar surface area (TPSA) is 72.5 Å². The summed E-state index contributed by atoms with van der Waals surface area (Å²) in [6, 6.07) is 11.6. The molecular formula is C20H25N3O3. The fourth-order valence-corrected chi connectivity index (χ4v) is 2.87. The Morgan fingerprint density at radius 1 is 1.27 bits per heavy atom. The quantitative estimate of drug-likeness (QED) is 0.762. The Kier molecular flexibility index (Phi) is 6.44. The molecule has 1 aromatic heterocycles. The SMILES string of the molecule is COc1ccc(CCNc2ccc(C(=O)NCC3CCCO3)cn2)cc1. The minimum absolute atomic E-state index is 0.113. The number of ether oxygens (including phenoxy) is 2. The first-order valence-corrected chi connectivity index (χ1v) is 8.97. The molecule has 1 aliphatic heterocycles. The molecular weight excluding hydrogens is 330 g/mol. The van der Waals surface area contributed by atoms with Gasteiger partial charge >= 0.3 is 0 Å². The van der Waals surface area contributed by atoms with Crippen LogP contribution in [0, 0.1) is 0 Å². The van der Waals surface area contributed by atoms with E-state index < -0.39 is 0 Å². The first kappa shape index (κ1) is 18.2. The Labute approximate surface area is 153 Å². The predicted molar refractivity (Wildman–Crippen MR) is 101 cm³/mol. The molecule has 138 valence electrons. The molecule has 1 fully saturated rings. The summed E-state index contributed by atoms with van der Waals surface area (Å²) in [5.41, 5.74) is 1.78. The average molecular weight is 355 g/mol. The van der Waals surface area contributed by atoms with Crippen molar-refractivity contribution in [1.29, 1.82) is 0 Å². The summed E-state index contributed by atoms with van der Waals surface area (Å²) in [5.74, 6) is 1.50. The fourth-order valence-electron chi connectivity index (χ4n) is 2.87. The van der Waals surface area contributed by atoms with Crippen LogP contribution in [0.1, 0.15) is 28.8 Å². The zero-order chi connectivity index (χ0) is 18.2. The summed E-state index contributed by atoms with van der Waals surface area (Å²) in [5, 5.41) is 6.17. The number of pyridine rings is 1. The molecule has 1 unspecified atom stereocenters. The highest BCUT2D eigenvalue weighted by Gasteiger charge is 2.16. The van der Waals surface area contributed by atoms with Crippen molar-refractivity contribution in [3.05, 3.63) is 53.7 Å². The molecule has 0 bridgehead atoms. The Hall–Kier alpha value is -2.60. The second-order valence-electron chi connectivity index (χ2n) is 6.30. The smallest absolute Gasteiger partial charge is 0.252 e. The number of nitrogens with one attached hydrogen (secondary N) is 2. The van der Waals surface area contributed by atoms with E-state index in [4.69, 9.17) is 9.47 Å². The van der Waals surface area contributed by atoms with Crippen LogP contribution in [-0.4, -0.2) is 43.8 Å². The monoisotopic (exact) mass is 355 g/mol. The Balaban J connectivity index is 1.42. The molecule has 2 N–H and O–H groups in total. The normalized spacial score (nSPS) is 16.3. The van der Waals surface area contributed by atoms with Gasteiger partial charge in [0.05, 0.1) is 18.8 Å². The molecule has 1 atom stereocenters. The molecule has 0 aliphatic carbocycles. The Bertz CT molecular complexity index is 695. The van der Waals surface area contributed by atoms with E-state index in [1.165, 1.54) is 5.56 Å². The van der Waals surface area contributed by atoms with Crippen molar-refractivity contribution in [2.45, 2.75) is 25.4 Å². The number of nitrogens with zero attached hydrogens (tertiary/aromatic N) is 1. The Morgan fingerprint density at radius 2 is 2.12 bits per heavy atom. The number of carbonyl (C=O) groups excluding carboxylic acids is 1. The molecule has 0 saturated carbocycles. The number of methoxy groups -OCH3 is 1. The Morgan fingerprint density at radius 3 is 2.77 bits per heavy atom. The minimum atomic E-state index is -0.113. The van der Waals surface area contributed by atoms with E-state index in [-0.39, 0.29) is 12.0 Å². The molecule has 1 aliphatic rings. The molecule has 2 aromatic rings. The third kappa shape index (κ3) is 5.20. The molecule has 3 rings (SSSR count). The highest BCUT2D eigenvalue weighted by atomic mass is 16.5. The van der Waals surface area contributed by atoms with E-state index in [2.05, 4.69) is 27.8 Å². The lowest BCUT2D eigenvalue weighted by atomic mass is 10.1. The van der Waals surface area contributed by atoms with Crippen LogP contribution in [0.25, 0.3) is 0 Å². The van der Waals surface area contributed by atoms with Crippen LogP contribution < -0.4 is 15.4 Å². The third-order valence-electron chi connectivity index (χ3n) is 4.42. The van der Waals surface area contributed by atoms with E-state index in [9.17, 15) is 4.79 Å². The van der Waals surface area contributed by atoms with Crippen LogP contribution in [0.3, 0.4) is 0 Å². The number of amides is 1. The standard InChI is InChI=1S/C20H25N3O3/c1-25-17-7-4-15(5-8-17)10-11-21-19-9-6-16(13-22-19)20(24)23-14-18-3-2-12-26-18/h4-9,13,18H,2-3,10-12,14H2,1H3,(H,21,22)(H,23,24). The van der Waals surface area contributed by atoms with Gasteiger partial charge in [-0.3, -0.25) is 4.79 Å². The van der Waals surface area contributed by atoms with Crippen molar-refractivity contribution < 1.29 is 14.3 Å². The van der Waals surface area contributed by atoms with Crippen molar-refractivity contribution in [2.75, 3.05) is 32.1 Å². The molecule has 1 amide bonds. The first-order valence-electron chi connectivity index (χ1n) is 8.97. The first-order chi connectivity index (χ1) is 12.7. The summed E-state index contributed by atoms with van der Waals surface area (Å²) in [7, 11) is 1.66. The van der Waals surface area contributed by atoms with Gasteiger partial charge in [0.15, 0.2) is 0 Å². The number of hydrogen-bond donors (Lipinski definition) is 2. The lowest BCUT2D eigenvalue weighted by Gasteiger charge is -2.11. The molecule has 1 saturated heterocycles. The van der Waals surface area contributed by atoms with Gasteiger partial charge in [-0.05, 0) is 49.1 Å². The predicted octanol–water partition coefficient (Wildman–Crippen LogP) is 2.65. The van der Waals surface area contributed by atoms with Crippen molar-refractivity contribution in [1.82, 2.24) is 10.3 Å². The summed E-state index contributed by atoms with van der Waals surface area (Å²) in [6.45, 7) is 2.11. The number of benzene rings is 1. The molecule has 0 spiro atoms. The van der Waals surface area contributed by atoms with Gasteiger partial charge in [-0.15, -0.1) is 0 Å². The van der Waals surface area contributed by atoms with Crippen LogP contribution in [0.4, 0.5) is 5.82 Å². The van der Waals surface area contributed by atoms with Crippen LogP contribution >= 0.6 is 0 Å². The lowest BCUT2D eigenvalue weighted by Crippen LogP contribution is -2.31. The van der Waals surface area contributed by atoms with Gasteiger partial charge in [-0.1, -0.05) is 12.1 Å². The number of aromatic nitrogens is 1. The summed E-state index contributed by atoms with van der Waals surface area (Å²) >= 11 is 0. The summed E-state index contributed by atoms with van der Waals surface area (Å²) in [6.07, 6.45) is 4.70. The molecule has 26 heavy (non-hydrogen) atoms. The third-order valence-corrected chi connectivity index (χ3v) is 4.42. The zero-order valence-electron chi connectivity index (χ0n) is 15.0. The summed E-state index contributed by atoms with van der Waals surface area (Å²) in [4.78, 5) is 16.4. The van der Waals surface area contributed by atoms with Gasteiger partial charge in [0.25, 0.3) is 5.91 Å². The zero-order valence-corrected chi connectivity index (χ0v) is 15.0. The van der Waals surface area contributed by atoms with Crippen LogP contribution in [-0.2, 0) is 11.2 Å². The van der Waals surface area contributed by atoms with Gasteiger partial charge in [0.1, 0.15) is 11.6 Å². The van der Waals surface area contributed by atoms with Gasteiger partial charge in [0.2, 0.25) is 0 Å². The van der Waals surface area contributed by atoms with E-state index in [0.29, 0.717) is 12.1 Å². The highest BCUT2D eigenvalue weighted by Crippen LogP contribution is 2.13. The lowest BCUT2D eigenvalue weighted by molar-refractivity contribution is 0.0857. The average Bonchev–Trinajstić information content (AvgIpc) is 3.21. The van der Waals surface area contributed by atoms with Gasteiger partial charge < -0.3 is 20.1 Å². The van der Waals surface area contributed by atoms with E-state index in [1.54, 1.807) is 19.4 Å². The van der Waals surface area contributed by atoms with Gasteiger partial charge in [0, 0.05) is 25.9 Å². The van der Waals surface area contributed by atoms with Crippen LogP contribution in [0.5, 0.6) is 5.75 Å². The van der Waals surface area contributed by atoms with E-state index in [0.717, 1.165) is 44.0 Å². The fraction of sp³-hybridized carbons (Fsp3) is 0.400. The van der Waals surface area contributed by atoms with E-state index in [1.807, 2.05) is 18.2 Å². The van der Waals surface area contributed by atoms with Crippen molar-refractivity contribution in [3.63, 3.8) is 0 Å². The second-order valence-corrected chi connectivity index (χ2v) is 6.30. The van der Waals surface area contributed by atoms with Crippen LogP contribution in [0.15, 0.2) is 42.6 Å². The van der Waals surface area contributed by atoms with Crippen LogP contribution in [0.2, 0.25) is 0 Å². The van der Waals surface area contributed by atoms with Gasteiger partial charge in [-0.25, -0.2) is 4.98 Å². The largest absolute Gasteiger partial charge is 0.497 e. The molecule has 6 nitrogen and oxygen atoms in total. The number of rotatable bonds is 8. The number of anilines is 1. The maximum absolute atomic E-state index is 12.1. The molecule has 2 heterocycles. The van der Waals surface area contributed by atoms with Gasteiger partial charge in [-0.2, -0.15) is 0 Å². The molecule has 1 aromatic carbocycles. The van der Waals surface area contributed by atoms with Crippen molar-refractivity contribution in [3.8, 4) is 5.75 Å². The molecule has 0 radical (unpaired) electrons. The number of hydrogen-bond acceptors (Lipinski definition) is 5. The van der Waals surface area contributed by atoms with Crippen molar-refractivity contribution >= 4 is 11.7 Å². The van der Waals surface area contributed by atoms with Crippen molar-refractivity contribution in [2.24, 2.45) is 0 Å².